The van der Waals surface area contributed by atoms with Crippen LogP contribution in [0.25, 0.3) is 11.0 Å². The summed E-state index contributed by atoms with van der Waals surface area (Å²) in [6.45, 7) is 0. The zero-order valence-corrected chi connectivity index (χ0v) is 9.35. The molecule has 1 heterocycles. The Bertz CT molecular complexity index is 514. The van der Waals surface area contributed by atoms with E-state index in [0.29, 0.717) is 17.3 Å². The Morgan fingerprint density at radius 2 is 1.44 bits per heavy atom. The molecule has 0 aliphatic carbocycles. The van der Waals surface area contributed by atoms with Gasteiger partial charge >= 0.3 is 0 Å². The van der Waals surface area contributed by atoms with Crippen LogP contribution in [0.5, 0.6) is 17.5 Å². The Balaban J connectivity index is 2.63. The molecule has 0 saturated heterocycles. The third-order valence-corrected chi connectivity index (χ3v) is 2.20. The zero-order chi connectivity index (χ0) is 11.5. The third kappa shape index (κ3) is 1.71. The Hall–Kier alpha value is -2.04. The minimum atomic E-state index is 0.364. The molecule has 0 aliphatic heterocycles. The van der Waals surface area contributed by atoms with Crippen LogP contribution in [-0.2, 0) is 0 Å². The number of fused-ring (bicyclic) bond motifs is 1. The van der Waals surface area contributed by atoms with Crippen molar-refractivity contribution in [2.24, 2.45) is 0 Å². The number of methoxy groups -OCH3 is 3. The van der Waals surface area contributed by atoms with E-state index in [4.69, 9.17) is 14.2 Å². The lowest BCUT2D eigenvalue weighted by Crippen LogP contribution is -1.97. The summed E-state index contributed by atoms with van der Waals surface area (Å²) in [5.74, 6) is 1.47. The topological polar surface area (TPSA) is 53.5 Å². The minimum absolute atomic E-state index is 0.364. The van der Waals surface area contributed by atoms with Crippen LogP contribution < -0.4 is 14.2 Å². The molecule has 84 valence electrons. The molecule has 0 amide bonds. The van der Waals surface area contributed by atoms with E-state index in [2.05, 4.69) is 9.97 Å². The summed E-state index contributed by atoms with van der Waals surface area (Å²) in [7, 11) is 4.66. The molecule has 16 heavy (non-hydrogen) atoms. The summed E-state index contributed by atoms with van der Waals surface area (Å²) < 4.78 is 15.3. The average molecular weight is 220 g/mol. The maximum Gasteiger partial charge on any atom is 0.278 e. The van der Waals surface area contributed by atoms with E-state index in [0.717, 1.165) is 11.3 Å². The van der Waals surface area contributed by atoms with Gasteiger partial charge in [0.2, 0.25) is 0 Å². The summed E-state index contributed by atoms with van der Waals surface area (Å²) in [5, 5.41) is 0. The first kappa shape index (κ1) is 10.5. The molecule has 2 aromatic rings. The highest BCUT2D eigenvalue weighted by atomic mass is 16.5. The number of nitrogens with zero attached hydrogens (tertiary/aromatic N) is 2. The second-order valence-corrected chi connectivity index (χ2v) is 3.10. The van der Waals surface area contributed by atoms with Gasteiger partial charge in [-0.2, -0.15) is 0 Å². The van der Waals surface area contributed by atoms with Gasteiger partial charge in [-0.3, -0.25) is 0 Å². The van der Waals surface area contributed by atoms with Crippen molar-refractivity contribution in [3.8, 4) is 17.5 Å². The van der Waals surface area contributed by atoms with Gasteiger partial charge in [-0.25, -0.2) is 9.97 Å². The van der Waals surface area contributed by atoms with E-state index in [-0.39, 0.29) is 0 Å². The molecule has 0 unspecified atom stereocenters. The fourth-order valence-electron chi connectivity index (χ4n) is 1.39. The molecule has 0 saturated carbocycles. The number of rotatable bonds is 3. The van der Waals surface area contributed by atoms with E-state index in [1.165, 1.54) is 14.2 Å². The van der Waals surface area contributed by atoms with Crippen LogP contribution >= 0.6 is 0 Å². The second kappa shape index (κ2) is 4.22. The predicted molar refractivity (Wildman–Crippen MR) is 59.2 cm³/mol. The van der Waals surface area contributed by atoms with Gasteiger partial charge in [-0.15, -0.1) is 0 Å². The van der Waals surface area contributed by atoms with Crippen molar-refractivity contribution in [2.45, 2.75) is 0 Å². The number of hydrogen-bond donors (Lipinski definition) is 0. The monoisotopic (exact) mass is 220 g/mol. The molecular formula is C11H12N2O3. The molecular weight excluding hydrogens is 208 g/mol. The molecule has 2 rings (SSSR count). The van der Waals surface area contributed by atoms with Crippen molar-refractivity contribution >= 4 is 11.0 Å². The fourth-order valence-corrected chi connectivity index (χ4v) is 1.39. The van der Waals surface area contributed by atoms with Crippen molar-refractivity contribution in [1.29, 1.82) is 0 Å². The summed E-state index contributed by atoms with van der Waals surface area (Å²) in [6, 6.07) is 5.44. The molecule has 0 spiro atoms. The van der Waals surface area contributed by atoms with Crippen LogP contribution in [0.1, 0.15) is 0 Å². The molecule has 5 nitrogen and oxygen atoms in total. The van der Waals surface area contributed by atoms with Gasteiger partial charge < -0.3 is 14.2 Å². The first-order chi connectivity index (χ1) is 7.78. The fraction of sp³-hybridized carbons (Fsp3) is 0.273. The quantitative estimate of drug-likeness (QED) is 0.787. The van der Waals surface area contributed by atoms with Gasteiger partial charge in [-0.05, 0) is 12.1 Å². The van der Waals surface area contributed by atoms with Gasteiger partial charge in [-0.1, -0.05) is 0 Å². The predicted octanol–water partition coefficient (Wildman–Crippen LogP) is 1.66. The Morgan fingerprint density at radius 3 is 2.00 bits per heavy atom. The van der Waals surface area contributed by atoms with Gasteiger partial charge in [0, 0.05) is 6.07 Å². The lowest BCUT2D eigenvalue weighted by molar-refractivity contribution is 0.334. The number of benzene rings is 1. The minimum Gasteiger partial charge on any atom is -0.497 e. The lowest BCUT2D eigenvalue weighted by Gasteiger charge is -2.07. The Kier molecular flexibility index (Phi) is 2.76. The summed E-state index contributed by atoms with van der Waals surface area (Å²) in [5.41, 5.74) is 1.44. The highest BCUT2D eigenvalue weighted by Gasteiger charge is 2.09. The first-order valence-corrected chi connectivity index (χ1v) is 4.72. The summed E-state index contributed by atoms with van der Waals surface area (Å²) in [6.07, 6.45) is 0. The van der Waals surface area contributed by atoms with Crippen molar-refractivity contribution in [3.63, 3.8) is 0 Å². The van der Waals surface area contributed by atoms with E-state index in [1.54, 1.807) is 13.2 Å². The molecule has 0 N–H and O–H groups in total. The number of hydrogen-bond acceptors (Lipinski definition) is 5. The van der Waals surface area contributed by atoms with E-state index < -0.39 is 0 Å². The molecule has 0 bridgehead atoms. The van der Waals surface area contributed by atoms with Crippen molar-refractivity contribution in [2.75, 3.05) is 21.3 Å². The van der Waals surface area contributed by atoms with E-state index >= 15 is 0 Å². The van der Waals surface area contributed by atoms with E-state index in [1.807, 2.05) is 12.1 Å². The molecule has 0 radical (unpaired) electrons. The lowest BCUT2D eigenvalue weighted by atomic mass is 10.3. The van der Waals surface area contributed by atoms with Gasteiger partial charge in [0.15, 0.2) is 0 Å². The molecule has 1 aromatic heterocycles. The maximum absolute atomic E-state index is 5.11. The summed E-state index contributed by atoms with van der Waals surface area (Å²) in [4.78, 5) is 8.56. The Labute approximate surface area is 93.0 Å². The van der Waals surface area contributed by atoms with Crippen molar-refractivity contribution in [3.05, 3.63) is 18.2 Å². The number of aromatic nitrogens is 2. The zero-order valence-electron chi connectivity index (χ0n) is 9.35. The van der Waals surface area contributed by atoms with Gasteiger partial charge in [0.1, 0.15) is 5.75 Å². The largest absolute Gasteiger partial charge is 0.497 e. The average Bonchev–Trinajstić information content (AvgIpc) is 2.36. The molecule has 0 aliphatic rings. The van der Waals surface area contributed by atoms with Crippen LogP contribution in [0.2, 0.25) is 0 Å². The normalized spacial score (nSPS) is 10.2. The molecule has 1 aromatic carbocycles. The molecule has 0 fully saturated rings. The standard InChI is InChI=1S/C11H12N2O3/c1-14-7-4-5-8-9(6-7)13-11(16-3)10(12-8)15-2/h4-6H,1-3H3. The van der Waals surface area contributed by atoms with Crippen molar-refractivity contribution < 1.29 is 14.2 Å². The summed E-state index contributed by atoms with van der Waals surface area (Å²) >= 11 is 0. The van der Waals surface area contributed by atoms with Crippen LogP contribution in [0.15, 0.2) is 18.2 Å². The molecule has 0 atom stereocenters. The van der Waals surface area contributed by atoms with Crippen LogP contribution in [0.3, 0.4) is 0 Å². The highest BCUT2D eigenvalue weighted by Crippen LogP contribution is 2.26. The van der Waals surface area contributed by atoms with Crippen LogP contribution in [0, 0.1) is 0 Å². The first-order valence-electron chi connectivity index (χ1n) is 4.72. The van der Waals surface area contributed by atoms with Gasteiger partial charge in [0.25, 0.3) is 11.8 Å². The molecule has 5 heteroatoms. The van der Waals surface area contributed by atoms with Crippen molar-refractivity contribution in [1.82, 2.24) is 9.97 Å². The highest BCUT2D eigenvalue weighted by molar-refractivity contribution is 5.77. The maximum atomic E-state index is 5.11. The Morgan fingerprint density at radius 1 is 0.812 bits per heavy atom. The smallest absolute Gasteiger partial charge is 0.278 e. The van der Waals surface area contributed by atoms with Gasteiger partial charge in [0.05, 0.1) is 32.4 Å². The van der Waals surface area contributed by atoms with Crippen LogP contribution in [0.4, 0.5) is 0 Å². The second-order valence-electron chi connectivity index (χ2n) is 3.10. The van der Waals surface area contributed by atoms with Crippen LogP contribution in [-0.4, -0.2) is 31.3 Å². The SMILES string of the molecule is COc1ccc2nc(OC)c(OC)nc2c1. The van der Waals surface area contributed by atoms with E-state index in [9.17, 15) is 0 Å². The third-order valence-electron chi connectivity index (χ3n) is 2.20. The number of ether oxygens (including phenoxy) is 3.